The third-order valence-corrected chi connectivity index (χ3v) is 6.54. The Bertz CT molecular complexity index is 627. The Balaban J connectivity index is 1.49. The maximum Gasteiger partial charge on any atom is 0.274 e. The van der Waals surface area contributed by atoms with E-state index in [-0.39, 0.29) is 5.91 Å². The highest BCUT2D eigenvalue weighted by molar-refractivity contribution is 5.94. The highest BCUT2D eigenvalue weighted by Gasteiger charge is 2.35. The highest BCUT2D eigenvalue weighted by Crippen LogP contribution is 2.32. The lowest BCUT2D eigenvalue weighted by Gasteiger charge is -2.45. The van der Waals surface area contributed by atoms with Crippen molar-refractivity contribution in [2.24, 2.45) is 5.92 Å². The van der Waals surface area contributed by atoms with E-state index < -0.39 is 0 Å². The first-order valence-electron chi connectivity index (χ1n) is 10.4. The van der Waals surface area contributed by atoms with Crippen molar-refractivity contribution < 1.29 is 9.53 Å². The molecule has 0 saturated carbocycles. The molecule has 1 amide bonds. The van der Waals surface area contributed by atoms with Crippen molar-refractivity contribution in [2.75, 3.05) is 39.9 Å². The molecule has 0 unspecified atom stereocenters. The molecule has 2 aliphatic heterocycles. The van der Waals surface area contributed by atoms with E-state index in [1.54, 1.807) is 7.11 Å². The SMILES string of the molecule is COCCN(C[C@H]1CCCN2CCCC[C@@H]12)C(=O)c1n[nH]c2c1CCC2. The molecule has 0 bridgehead atoms. The molecule has 2 saturated heterocycles. The third kappa shape index (κ3) is 3.54. The molecule has 6 nitrogen and oxygen atoms in total. The Morgan fingerprint density at radius 3 is 3.00 bits per heavy atom. The molecule has 6 heteroatoms. The molecule has 2 atom stereocenters. The average Bonchev–Trinajstić information content (AvgIpc) is 3.28. The van der Waals surface area contributed by atoms with Crippen LogP contribution in [0.4, 0.5) is 0 Å². The van der Waals surface area contributed by atoms with E-state index in [1.165, 1.54) is 45.2 Å². The number of amides is 1. The van der Waals surface area contributed by atoms with Gasteiger partial charge in [0, 0.05) is 37.5 Å². The number of rotatable bonds is 6. The molecule has 144 valence electrons. The lowest BCUT2D eigenvalue weighted by atomic mass is 9.83. The molecule has 0 spiro atoms. The number of piperidine rings is 2. The smallest absolute Gasteiger partial charge is 0.274 e. The number of aromatic amines is 1. The number of nitrogens with one attached hydrogen (secondary N) is 1. The van der Waals surface area contributed by atoms with Crippen LogP contribution in [0.2, 0.25) is 0 Å². The second kappa shape index (κ2) is 8.09. The lowest BCUT2D eigenvalue weighted by Crippen LogP contribution is -2.52. The minimum atomic E-state index is 0.0920. The zero-order chi connectivity index (χ0) is 17.9. The molecule has 1 N–H and O–H groups in total. The van der Waals surface area contributed by atoms with Gasteiger partial charge in [-0.1, -0.05) is 6.42 Å². The quantitative estimate of drug-likeness (QED) is 0.845. The molecular weight excluding hydrogens is 328 g/mol. The van der Waals surface area contributed by atoms with Gasteiger partial charge in [-0.15, -0.1) is 0 Å². The van der Waals surface area contributed by atoms with E-state index in [0.717, 1.165) is 37.1 Å². The van der Waals surface area contributed by atoms with Gasteiger partial charge in [0.25, 0.3) is 5.91 Å². The largest absolute Gasteiger partial charge is 0.383 e. The number of ether oxygens (including phenoxy) is 1. The Hall–Kier alpha value is -1.40. The zero-order valence-electron chi connectivity index (χ0n) is 16.0. The maximum atomic E-state index is 13.3. The van der Waals surface area contributed by atoms with Crippen molar-refractivity contribution in [2.45, 2.75) is 57.4 Å². The molecular formula is C20H32N4O2. The Morgan fingerprint density at radius 1 is 1.23 bits per heavy atom. The van der Waals surface area contributed by atoms with Crippen LogP contribution in [-0.2, 0) is 17.6 Å². The van der Waals surface area contributed by atoms with Crippen LogP contribution in [0.15, 0.2) is 0 Å². The lowest BCUT2D eigenvalue weighted by molar-refractivity contribution is 0.0312. The first-order chi connectivity index (χ1) is 12.8. The van der Waals surface area contributed by atoms with E-state index in [1.807, 2.05) is 4.90 Å². The fraction of sp³-hybridized carbons (Fsp3) is 0.800. The summed E-state index contributed by atoms with van der Waals surface area (Å²) in [5.41, 5.74) is 2.97. The summed E-state index contributed by atoms with van der Waals surface area (Å²) in [5, 5.41) is 7.46. The van der Waals surface area contributed by atoms with E-state index in [4.69, 9.17) is 4.74 Å². The number of carbonyl (C=O) groups excluding carboxylic acids is 1. The van der Waals surface area contributed by atoms with Crippen LogP contribution in [0.3, 0.4) is 0 Å². The fourth-order valence-electron chi connectivity index (χ4n) is 5.20. The van der Waals surface area contributed by atoms with Gasteiger partial charge in [0.2, 0.25) is 0 Å². The second-order valence-corrected chi connectivity index (χ2v) is 8.13. The van der Waals surface area contributed by atoms with Crippen LogP contribution in [-0.4, -0.2) is 71.8 Å². The Morgan fingerprint density at radius 2 is 2.12 bits per heavy atom. The number of aromatic nitrogens is 2. The Labute approximate surface area is 156 Å². The molecule has 0 radical (unpaired) electrons. The maximum absolute atomic E-state index is 13.3. The predicted octanol–water partition coefficient (Wildman–Crippen LogP) is 2.25. The van der Waals surface area contributed by atoms with Gasteiger partial charge in [-0.2, -0.15) is 5.10 Å². The number of methoxy groups -OCH3 is 1. The van der Waals surface area contributed by atoms with Crippen molar-refractivity contribution in [3.63, 3.8) is 0 Å². The van der Waals surface area contributed by atoms with Gasteiger partial charge >= 0.3 is 0 Å². The van der Waals surface area contributed by atoms with Crippen molar-refractivity contribution in [1.82, 2.24) is 20.0 Å². The van der Waals surface area contributed by atoms with Gasteiger partial charge in [0.1, 0.15) is 0 Å². The minimum Gasteiger partial charge on any atom is -0.383 e. The van der Waals surface area contributed by atoms with Crippen molar-refractivity contribution >= 4 is 5.91 Å². The molecule has 1 aromatic rings. The van der Waals surface area contributed by atoms with Crippen molar-refractivity contribution in [3.05, 3.63) is 17.0 Å². The van der Waals surface area contributed by atoms with Gasteiger partial charge < -0.3 is 14.5 Å². The molecule has 3 aliphatic rings. The van der Waals surface area contributed by atoms with Crippen LogP contribution < -0.4 is 0 Å². The monoisotopic (exact) mass is 360 g/mol. The van der Waals surface area contributed by atoms with Gasteiger partial charge in [-0.3, -0.25) is 9.89 Å². The standard InChI is InChI=1S/C20H32N4O2/c1-26-13-12-24(20(25)19-16-7-4-8-17(16)21-22-19)14-15-6-5-11-23-10-3-2-9-18(15)23/h15,18H,2-14H2,1H3,(H,21,22)/t15-,18+/m1/s1. The molecule has 26 heavy (non-hydrogen) atoms. The number of carbonyl (C=O) groups is 1. The zero-order valence-corrected chi connectivity index (χ0v) is 16.0. The van der Waals surface area contributed by atoms with Gasteiger partial charge in [0.05, 0.1) is 6.61 Å². The van der Waals surface area contributed by atoms with E-state index in [9.17, 15) is 4.79 Å². The number of hydrogen-bond donors (Lipinski definition) is 1. The normalized spacial score (nSPS) is 25.7. The van der Waals surface area contributed by atoms with Gasteiger partial charge in [-0.25, -0.2) is 0 Å². The number of aryl methyl sites for hydroxylation is 1. The van der Waals surface area contributed by atoms with E-state index in [0.29, 0.717) is 30.8 Å². The van der Waals surface area contributed by atoms with Gasteiger partial charge in [-0.05, 0) is 64.0 Å². The Kier molecular flexibility index (Phi) is 5.60. The number of nitrogens with zero attached hydrogens (tertiary/aromatic N) is 3. The summed E-state index contributed by atoms with van der Waals surface area (Å²) >= 11 is 0. The first-order valence-corrected chi connectivity index (χ1v) is 10.4. The van der Waals surface area contributed by atoms with Crippen LogP contribution in [0.25, 0.3) is 0 Å². The van der Waals surface area contributed by atoms with Crippen LogP contribution >= 0.6 is 0 Å². The molecule has 1 aliphatic carbocycles. The minimum absolute atomic E-state index is 0.0920. The second-order valence-electron chi connectivity index (χ2n) is 8.13. The summed E-state index contributed by atoms with van der Waals surface area (Å²) in [6.45, 7) is 4.55. The summed E-state index contributed by atoms with van der Waals surface area (Å²) < 4.78 is 5.30. The summed E-state index contributed by atoms with van der Waals surface area (Å²) in [5.74, 6) is 0.672. The van der Waals surface area contributed by atoms with Crippen LogP contribution in [0, 0.1) is 5.92 Å². The first kappa shape index (κ1) is 18.0. The summed E-state index contributed by atoms with van der Waals surface area (Å²) in [7, 11) is 1.71. The molecule has 4 rings (SSSR count). The summed E-state index contributed by atoms with van der Waals surface area (Å²) in [4.78, 5) is 18.0. The topological polar surface area (TPSA) is 61.5 Å². The predicted molar refractivity (Wildman–Crippen MR) is 100 cm³/mol. The molecule has 0 aromatic carbocycles. The fourth-order valence-corrected chi connectivity index (χ4v) is 5.20. The number of fused-ring (bicyclic) bond motifs is 2. The molecule has 2 fully saturated rings. The average molecular weight is 361 g/mol. The highest BCUT2D eigenvalue weighted by atomic mass is 16.5. The molecule has 1 aromatic heterocycles. The van der Waals surface area contributed by atoms with Crippen LogP contribution in [0.5, 0.6) is 0 Å². The van der Waals surface area contributed by atoms with E-state index >= 15 is 0 Å². The van der Waals surface area contributed by atoms with Crippen molar-refractivity contribution in [3.8, 4) is 0 Å². The van der Waals surface area contributed by atoms with Gasteiger partial charge in [0.15, 0.2) is 5.69 Å². The van der Waals surface area contributed by atoms with E-state index in [2.05, 4.69) is 15.1 Å². The van der Waals surface area contributed by atoms with Crippen molar-refractivity contribution in [1.29, 1.82) is 0 Å². The molecule has 3 heterocycles. The summed E-state index contributed by atoms with van der Waals surface area (Å²) in [6, 6.07) is 0.653. The summed E-state index contributed by atoms with van der Waals surface area (Å²) in [6.07, 6.45) is 9.56. The number of hydrogen-bond acceptors (Lipinski definition) is 4. The van der Waals surface area contributed by atoms with Crippen LogP contribution in [0.1, 0.15) is 60.3 Å². The number of H-pyrrole nitrogens is 1. The third-order valence-electron chi connectivity index (χ3n) is 6.54.